The van der Waals surface area contributed by atoms with Crippen molar-refractivity contribution >= 4 is 23.5 Å². The number of likely N-dealkylation sites (N-methyl/N-ethyl adjacent to an activating group) is 1. The first kappa shape index (κ1) is 14.9. The number of benzene rings is 1. The van der Waals surface area contributed by atoms with Gasteiger partial charge in [0.05, 0.1) is 11.3 Å². The Labute approximate surface area is 123 Å². The Hall–Kier alpha value is -1.55. The highest BCUT2D eigenvalue weighted by Crippen LogP contribution is 2.49. The van der Waals surface area contributed by atoms with Crippen LogP contribution in [0, 0.1) is 5.92 Å². The summed E-state index contributed by atoms with van der Waals surface area (Å²) in [6.45, 7) is 1.82. The highest BCUT2D eigenvalue weighted by Gasteiger charge is 2.52. The van der Waals surface area contributed by atoms with E-state index in [1.807, 2.05) is 18.2 Å². The zero-order valence-electron chi connectivity index (χ0n) is 11.6. The van der Waals surface area contributed by atoms with Gasteiger partial charge in [-0.05, 0) is 30.5 Å². The third kappa shape index (κ3) is 2.80. The second-order valence-corrected chi connectivity index (χ2v) is 5.95. The van der Waals surface area contributed by atoms with E-state index in [1.165, 1.54) is 4.90 Å². The summed E-state index contributed by atoms with van der Waals surface area (Å²) in [5.74, 6) is -1.48. The van der Waals surface area contributed by atoms with Crippen LogP contribution in [0.15, 0.2) is 24.3 Å². The third-order valence-electron chi connectivity index (χ3n) is 3.85. The number of carbonyl (C=O) groups excluding carboxylic acids is 1. The molecule has 5 heteroatoms. The monoisotopic (exact) mass is 295 g/mol. The van der Waals surface area contributed by atoms with Gasteiger partial charge in [0.2, 0.25) is 5.91 Å². The molecule has 1 saturated carbocycles. The number of hydrogen-bond acceptors (Lipinski definition) is 2. The van der Waals surface area contributed by atoms with E-state index in [1.54, 1.807) is 20.0 Å². The molecule has 0 spiro atoms. The molecule has 1 atom stereocenters. The lowest BCUT2D eigenvalue weighted by Crippen LogP contribution is -2.40. The van der Waals surface area contributed by atoms with E-state index in [0.29, 0.717) is 5.02 Å². The van der Waals surface area contributed by atoms with Crippen molar-refractivity contribution in [3.05, 3.63) is 34.9 Å². The van der Waals surface area contributed by atoms with E-state index in [-0.39, 0.29) is 12.5 Å². The number of amides is 1. The van der Waals surface area contributed by atoms with Gasteiger partial charge in [0.15, 0.2) is 0 Å². The smallest absolute Gasteiger partial charge is 0.308 e. The molecule has 20 heavy (non-hydrogen) atoms. The molecule has 1 aromatic rings. The molecule has 1 fully saturated rings. The topological polar surface area (TPSA) is 57.6 Å². The van der Waals surface area contributed by atoms with Crippen molar-refractivity contribution in [1.29, 1.82) is 0 Å². The predicted molar refractivity (Wildman–Crippen MR) is 76.8 cm³/mol. The Balaban J connectivity index is 2.14. The number of hydrogen-bond donors (Lipinski definition) is 1. The number of carbonyl (C=O) groups is 2. The minimum Gasteiger partial charge on any atom is -0.481 e. The third-order valence-corrected chi connectivity index (χ3v) is 4.09. The fraction of sp³-hybridized carbons (Fsp3) is 0.467. The number of carboxylic acids is 1. The van der Waals surface area contributed by atoms with E-state index in [2.05, 4.69) is 0 Å². The molecular formula is C15H18ClNO3. The summed E-state index contributed by atoms with van der Waals surface area (Å²) in [5.41, 5.74) is 0.419. The number of halogens is 1. The van der Waals surface area contributed by atoms with Gasteiger partial charge in [0.1, 0.15) is 0 Å². The minimum atomic E-state index is -0.891. The first-order valence-electron chi connectivity index (χ1n) is 6.61. The van der Waals surface area contributed by atoms with Gasteiger partial charge in [-0.25, -0.2) is 0 Å². The molecule has 1 aliphatic rings. The summed E-state index contributed by atoms with van der Waals surface area (Å²) in [7, 11) is 1.66. The van der Waals surface area contributed by atoms with Crippen molar-refractivity contribution < 1.29 is 14.7 Å². The maximum atomic E-state index is 12.6. The van der Waals surface area contributed by atoms with Gasteiger partial charge in [-0.1, -0.05) is 30.7 Å². The maximum Gasteiger partial charge on any atom is 0.308 e. The van der Waals surface area contributed by atoms with Crippen molar-refractivity contribution in [3.63, 3.8) is 0 Å². The highest BCUT2D eigenvalue weighted by molar-refractivity contribution is 6.30. The van der Waals surface area contributed by atoms with E-state index in [0.717, 1.165) is 18.4 Å². The number of aliphatic carboxylic acids is 1. The standard InChI is InChI=1S/C15H18ClNO3/c1-10(13(18)19)9-17(2)14(20)15(6-7-15)11-4-3-5-12(16)8-11/h3-5,8,10H,6-7,9H2,1-2H3,(H,18,19)/t10-/m1/s1. The molecule has 2 rings (SSSR count). The van der Waals surface area contributed by atoms with E-state index < -0.39 is 17.3 Å². The summed E-state index contributed by atoms with van der Waals surface area (Å²) in [4.78, 5) is 25.0. The SMILES string of the molecule is C[C@H](CN(C)C(=O)C1(c2cccc(Cl)c2)CC1)C(=O)O. The first-order chi connectivity index (χ1) is 9.36. The molecule has 0 heterocycles. The minimum absolute atomic E-state index is 0.0205. The molecular weight excluding hydrogens is 278 g/mol. The van der Waals surface area contributed by atoms with Crippen LogP contribution < -0.4 is 0 Å². The Kier molecular flexibility index (Phi) is 4.04. The zero-order chi connectivity index (χ0) is 14.9. The molecule has 1 N–H and O–H groups in total. The number of carboxylic acid groups (broad SMARTS) is 1. The maximum absolute atomic E-state index is 12.6. The van der Waals surface area contributed by atoms with Gasteiger partial charge < -0.3 is 10.0 Å². The molecule has 0 aromatic heterocycles. The fourth-order valence-corrected chi connectivity index (χ4v) is 2.66. The highest BCUT2D eigenvalue weighted by atomic mass is 35.5. The van der Waals surface area contributed by atoms with Gasteiger partial charge in [-0.3, -0.25) is 9.59 Å². The molecule has 1 aliphatic carbocycles. The molecule has 0 saturated heterocycles. The Morgan fingerprint density at radius 2 is 2.10 bits per heavy atom. The van der Waals surface area contributed by atoms with Gasteiger partial charge in [-0.15, -0.1) is 0 Å². The van der Waals surface area contributed by atoms with Crippen LogP contribution in [-0.2, 0) is 15.0 Å². The van der Waals surface area contributed by atoms with Crippen molar-refractivity contribution in [1.82, 2.24) is 4.90 Å². The lowest BCUT2D eigenvalue weighted by atomic mass is 9.94. The van der Waals surface area contributed by atoms with Crippen LogP contribution in [0.3, 0.4) is 0 Å². The van der Waals surface area contributed by atoms with Crippen molar-refractivity contribution in [2.75, 3.05) is 13.6 Å². The second kappa shape index (κ2) is 5.44. The lowest BCUT2D eigenvalue weighted by Gasteiger charge is -2.25. The van der Waals surface area contributed by atoms with Crippen LogP contribution >= 0.6 is 11.6 Å². The van der Waals surface area contributed by atoms with Crippen LogP contribution in [0.25, 0.3) is 0 Å². The summed E-state index contributed by atoms with van der Waals surface area (Å²) < 4.78 is 0. The Morgan fingerprint density at radius 3 is 2.60 bits per heavy atom. The average molecular weight is 296 g/mol. The lowest BCUT2D eigenvalue weighted by molar-refractivity contribution is -0.143. The molecule has 0 unspecified atom stereocenters. The molecule has 108 valence electrons. The summed E-state index contributed by atoms with van der Waals surface area (Å²) in [6, 6.07) is 7.35. The normalized spacial score (nSPS) is 17.4. The van der Waals surface area contributed by atoms with E-state index >= 15 is 0 Å². The summed E-state index contributed by atoms with van der Waals surface area (Å²) >= 11 is 5.99. The molecule has 1 amide bonds. The molecule has 0 bridgehead atoms. The van der Waals surface area contributed by atoms with Crippen LogP contribution in [0.2, 0.25) is 5.02 Å². The summed E-state index contributed by atoms with van der Waals surface area (Å²) in [6.07, 6.45) is 1.58. The fourth-order valence-electron chi connectivity index (χ4n) is 2.47. The average Bonchev–Trinajstić information content (AvgIpc) is 3.19. The van der Waals surface area contributed by atoms with E-state index in [9.17, 15) is 9.59 Å². The van der Waals surface area contributed by atoms with E-state index in [4.69, 9.17) is 16.7 Å². The van der Waals surface area contributed by atoms with Crippen LogP contribution in [-0.4, -0.2) is 35.5 Å². The zero-order valence-corrected chi connectivity index (χ0v) is 12.4. The molecule has 0 radical (unpaired) electrons. The van der Waals surface area contributed by atoms with Crippen molar-refractivity contribution in [2.45, 2.75) is 25.2 Å². The van der Waals surface area contributed by atoms with Crippen LogP contribution in [0.4, 0.5) is 0 Å². The molecule has 1 aromatic carbocycles. The first-order valence-corrected chi connectivity index (χ1v) is 6.99. The largest absolute Gasteiger partial charge is 0.481 e. The van der Waals surface area contributed by atoms with Crippen molar-refractivity contribution in [3.8, 4) is 0 Å². The predicted octanol–water partition coefficient (Wildman–Crippen LogP) is 2.55. The number of nitrogens with zero attached hydrogens (tertiary/aromatic N) is 1. The summed E-state index contributed by atoms with van der Waals surface area (Å²) in [5, 5.41) is 9.54. The van der Waals surface area contributed by atoms with Gasteiger partial charge >= 0.3 is 5.97 Å². The van der Waals surface area contributed by atoms with Crippen molar-refractivity contribution in [2.24, 2.45) is 5.92 Å². The second-order valence-electron chi connectivity index (χ2n) is 5.52. The Bertz CT molecular complexity index is 540. The van der Waals surface area contributed by atoms with Gasteiger partial charge in [0, 0.05) is 18.6 Å². The van der Waals surface area contributed by atoms with Crippen LogP contribution in [0.5, 0.6) is 0 Å². The van der Waals surface area contributed by atoms with Gasteiger partial charge in [0.25, 0.3) is 0 Å². The molecule has 0 aliphatic heterocycles. The van der Waals surface area contributed by atoms with Crippen LogP contribution in [0.1, 0.15) is 25.3 Å². The quantitative estimate of drug-likeness (QED) is 0.908. The number of rotatable bonds is 5. The molecule has 4 nitrogen and oxygen atoms in total. The van der Waals surface area contributed by atoms with Gasteiger partial charge in [-0.2, -0.15) is 0 Å². The Morgan fingerprint density at radius 1 is 1.45 bits per heavy atom.